The number of urea groups is 1. The van der Waals surface area contributed by atoms with Gasteiger partial charge in [-0.2, -0.15) is 0 Å². The topological polar surface area (TPSA) is 79.4 Å². The number of likely N-dealkylation sites (tertiary alicyclic amines) is 1. The van der Waals surface area contributed by atoms with Gasteiger partial charge in [0.1, 0.15) is 17.5 Å². The van der Waals surface area contributed by atoms with E-state index in [-0.39, 0.29) is 18.0 Å². The zero-order chi connectivity index (χ0) is 22.7. The lowest BCUT2D eigenvalue weighted by atomic mass is 10.1. The van der Waals surface area contributed by atoms with E-state index in [1.165, 1.54) is 4.90 Å². The Bertz CT molecular complexity index is 1290. The van der Waals surface area contributed by atoms with Gasteiger partial charge in [-0.1, -0.05) is 36.4 Å². The summed E-state index contributed by atoms with van der Waals surface area (Å²) in [5.74, 6) is 0.756. The number of carbonyl (C=O) groups is 3. The number of piperazine rings is 1. The third-order valence-electron chi connectivity index (χ3n) is 6.77. The molecule has 3 saturated heterocycles. The molecule has 3 aliphatic heterocycles. The van der Waals surface area contributed by atoms with E-state index >= 15 is 0 Å². The Hall–Kier alpha value is -4.07. The van der Waals surface area contributed by atoms with Crippen LogP contribution in [0.5, 0.6) is 11.5 Å². The first-order valence-corrected chi connectivity index (χ1v) is 10.8. The van der Waals surface area contributed by atoms with Crippen molar-refractivity contribution in [1.82, 2.24) is 9.80 Å². The summed E-state index contributed by atoms with van der Waals surface area (Å²) in [6, 6.07) is 18.3. The Morgan fingerprint density at radius 3 is 2.45 bits per heavy atom. The molecule has 8 heteroatoms. The van der Waals surface area contributed by atoms with Crippen LogP contribution in [-0.4, -0.2) is 59.6 Å². The van der Waals surface area contributed by atoms with Crippen LogP contribution in [0.15, 0.2) is 66.7 Å². The summed E-state index contributed by atoms with van der Waals surface area (Å²) in [4.78, 5) is 44.2. The van der Waals surface area contributed by atoms with Crippen LogP contribution in [0.4, 0.5) is 15.3 Å². The standard InChI is InChI=1S/C25H21N3O5/c1-32-17-9-11-18(12-10-17)33-25(31)26-14-16-13-21(26)22-23(29)28(24(30)27(16)22)20-8-4-6-15-5-2-3-7-19(15)20/h2-12,16,21-22H,13-14H2,1H3/t16-,21?,22-/m1/s1. The summed E-state index contributed by atoms with van der Waals surface area (Å²) in [7, 11) is 1.56. The second-order valence-corrected chi connectivity index (χ2v) is 8.46. The van der Waals surface area contributed by atoms with Crippen LogP contribution in [0.1, 0.15) is 6.42 Å². The molecule has 0 saturated carbocycles. The minimum absolute atomic E-state index is 0.208. The molecular weight excluding hydrogens is 422 g/mol. The monoisotopic (exact) mass is 443 g/mol. The first-order valence-electron chi connectivity index (χ1n) is 10.8. The Kier molecular flexibility index (Phi) is 4.29. The average Bonchev–Trinajstić information content (AvgIpc) is 3.51. The zero-order valence-corrected chi connectivity index (χ0v) is 17.9. The molecule has 0 aliphatic carbocycles. The first kappa shape index (κ1) is 19.6. The number of anilines is 1. The molecule has 8 nitrogen and oxygen atoms in total. The van der Waals surface area contributed by atoms with E-state index in [1.54, 1.807) is 47.2 Å². The van der Waals surface area contributed by atoms with E-state index in [4.69, 9.17) is 9.47 Å². The van der Waals surface area contributed by atoms with E-state index in [0.717, 1.165) is 10.8 Å². The molecule has 4 amide bonds. The van der Waals surface area contributed by atoms with Crippen LogP contribution < -0.4 is 14.4 Å². The molecular formula is C25H21N3O5. The number of rotatable bonds is 3. The molecule has 0 spiro atoms. The van der Waals surface area contributed by atoms with Crippen LogP contribution in [0.2, 0.25) is 0 Å². The SMILES string of the molecule is COc1ccc(OC(=O)N2C[C@H]3CC2[C@@H]2C(=O)N(c4cccc5ccccc45)C(=O)N32)cc1. The van der Waals surface area contributed by atoms with Crippen LogP contribution in [-0.2, 0) is 4.79 Å². The van der Waals surface area contributed by atoms with Crippen molar-refractivity contribution in [1.29, 1.82) is 0 Å². The minimum atomic E-state index is -0.696. The van der Waals surface area contributed by atoms with Crippen molar-refractivity contribution in [2.24, 2.45) is 0 Å². The van der Waals surface area contributed by atoms with E-state index in [9.17, 15) is 14.4 Å². The Balaban J connectivity index is 1.27. The number of ether oxygens (including phenoxy) is 2. The minimum Gasteiger partial charge on any atom is -0.497 e. The highest BCUT2D eigenvalue weighted by Gasteiger charge is 2.63. The van der Waals surface area contributed by atoms with Crippen molar-refractivity contribution >= 4 is 34.5 Å². The van der Waals surface area contributed by atoms with Gasteiger partial charge in [0.25, 0.3) is 5.91 Å². The second-order valence-electron chi connectivity index (χ2n) is 8.46. The number of imide groups is 1. The van der Waals surface area contributed by atoms with Crippen molar-refractivity contribution in [3.8, 4) is 11.5 Å². The predicted octanol–water partition coefficient (Wildman–Crippen LogP) is 3.64. The number of fused-ring (bicyclic) bond motifs is 6. The van der Waals surface area contributed by atoms with Crippen molar-refractivity contribution < 1.29 is 23.9 Å². The van der Waals surface area contributed by atoms with Gasteiger partial charge in [0, 0.05) is 11.9 Å². The fourth-order valence-electron chi connectivity index (χ4n) is 5.30. The number of hydrogen-bond acceptors (Lipinski definition) is 5. The number of methoxy groups -OCH3 is 1. The van der Waals surface area contributed by atoms with Gasteiger partial charge in [-0.25, -0.2) is 14.5 Å². The lowest BCUT2D eigenvalue weighted by Gasteiger charge is -2.34. The molecule has 0 aromatic heterocycles. The second kappa shape index (κ2) is 7.23. The number of carbonyl (C=O) groups excluding carboxylic acids is 3. The van der Waals surface area contributed by atoms with Crippen molar-refractivity contribution in [3.05, 3.63) is 66.7 Å². The van der Waals surface area contributed by atoms with Gasteiger partial charge >= 0.3 is 12.1 Å². The summed E-state index contributed by atoms with van der Waals surface area (Å²) < 4.78 is 10.7. The third kappa shape index (κ3) is 2.87. The first-order chi connectivity index (χ1) is 16.1. The van der Waals surface area contributed by atoms with E-state index in [2.05, 4.69) is 0 Å². The molecule has 6 rings (SSSR count). The van der Waals surface area contributed by atoms with Gasteiger partial charge in [0.2, 0.25) is 0 Å². The molecule has 3 atom stereocenters. The maximum absolute atomic E-state index is 13.5. The van der Waals surface area contributed by atoms with Crippen molar-refractivity contribution in [3.63, 3.8) is 0 Å². The van der Waals surface area contributed by atoms with Crippen LogP contribution in [0, 0.1) is 0 Å². The molecule has 3 aliphatic rings. The molecule has 3 heterocycles. The smallest absolute Gasteiger partial charge is 0.415 e. The molecule has 2 bridgehead atoms. The zero-order valence-electron chi connectivity index (χ0n) is 17.9. The highest BCUT2D eigenvalue weighted by Crippen LogP contribution is 2.43. The number of hydrogen-bond donors (Lipinski definition) is 0. The lowest BCUT2D eigenvalue weighted by molar-refractivity contribution is -0.121. The maximum atomic E-state index is 13.5. The Morgan fingerprint density at radius 1 is 0.939 bits per heavy atom. The van der Waals surface area contributed by atoms with Gasteiger partial charge in [0.15, 0.2) is 0 Å². The molecule has 0 N–H and O–H groups in total. The maximum Gasteiger partial charge on any atom is 0.415 e. The molecule has 3 fully saturated rings. The Labute approximate surface area is 189 Å². The molecule has 166 valence electrons. The van der Waals surface area contributed by atoms with Crippen molar-refractivity contribution in [2.75, 3.05) is 18.6 Å². The molecule has 1 unspecified atom stereocenters. The fourth-order valence-corrected chi connectivity index (χ4v) is 5.30. The number of benzene rings is 3. The van der Waals surface area contributed by atoms with E-state index in [0.29, 0.717) is 30.2 Å². The van der Waals surface area contributed by atoms with Gasteiger partial charge < -0.3 is 19.3 Å². The largest absolute Gasteiger partial charge is 0.497 e. The molecule has 3 aromatic rings. The number of nitrogens with zero attached hydrogens (tertiary/aromatic N) is 3. The molecule has 3 aromatic carbocycles. The van der Waals surface area contributed by atoms with E-state index in [1.807, 2.05) is 36.4 Å². The highest BCUT2D eigenvalue weighted by atomic mass is 16.6. The van der Waals surface area contributed by atoms with Gasteiger partial charge in [-0.3, -0.25) is 4.79 Å². The van der Waals surface area contributed by atoms with Crippen LogP contribution in [0.25, 0.3) is 10.8 Å². The van der Waals surface area contributed by atoms with Crippen molar-refractivity contribution in [2.45, 2.75) is 24.5 Å². The van der Waals surface area contributed by atoms with Gasteiger partial charge in [-0.05, 0) is 42.1 Å². The predicted molar refractivity (Wildman–Crippen MR) is 120 cm³/mol. The fraction of sp³-hybridized carbons (Fsp3) is 0.240. The normalized spacial score (nSPS) is 23.4. The van der Waals surface area contributed by atoms with Crippen LogP contribution >= 0.6 is 0 Å². The number of amides is 4. The molecule has 0 radical (unpaired) electrons. The summed E-state index contributed by atoms with van der Waals surface area (Å²) in [5.41, 5.74) is 0.573. The molecule has 33 heavy (non-hydrogen) atoms. The Morgan fingerprint density at radius 2 is 1.67 bits per heavy atom. The van der Waals surface area contributed by atoms with Crippen LogP contribution in [0.3, 0.4) is 0 Å². The third-order valence-corrected chi connectivity index (χ3v) is 6.77. The lowest BCUT2D eigenvalue weighted by Crippen LogP contribution is -2.55. The van der Waals surface area contributed by atoms with Gasteiger partial charge in [-0.15, -0.1) is 0 Å². The quantitative estimate of drug-likeness (QED) is 0.578. The summed E-state index contributed by atoms with van der Waals surface area (Å²) in [5, 5.41) is 1.79. The average molecular weight is 443 g/mol. The summed E-state index contributed by atoms with van der Waals surface area (Å²) in [6.45, 7) is 0.346. The summed E-state index contributed by atoms with van der Waals surface area (Å²) >= 11 is 0. The van der Waals surface area contributed by atoms with Gasteiger partial charge in [0.05, 0.1) is 24.9 Å². The highest BCUT2D eigenvalue weighted by molar-refractivity contribution is 6.25. The summed E-state index contributed by atoms with van der Waals surface area (Å²) in [6.07, 6.45) is 0.0552. The van der Waals surface area contributed by atoms with E-state index < -0.39 is 18.2 Å².